The summed E-state index contributed by atoms with van der Waals surface area (Å²) in [4.78, 5) is 0. The Morgan fingerprint density at radius 1 is 0.824 bits per heavy atom. The second-order valence-electron chi connectivity index (χ2n) is 5.62. The molecular weight excluding hydrogens is 212 g/mol. The van der Waals surface area contributed by atoms with Crippen LogP contribution in [0.1, 0.15) is 70.6 Å². The fourth-order valence-electron chi connectivity index (χ4n) is 2.79. The van der Waals surface area contributed by atoms with Crippen molar-refractivity contribution in [1.29, 1.82) is 0 Å². The Bertz CT molecular complexity index is 166. The molecule has 1 rings (SSSR count). The third-order valence-electron chi connectivity index (χ3n) is 4.28. The molecule has 0 amide bonds. The van der Waals surface area contributed by atoms with Crippen LogP contribution in [0.15, 0.2) is 0 Å². The zero-order chi connectivity index (χ0) is 12.3. The molecule has 0 aliphatic heterocycles. The molecule has 1 fully saturated rings. The number of aliphatic hydroxyl groups is 2. The molecule has 1 aliphatic rings. The highest BCUT2D eigenvalue weighted by molar-refractivity contribution is 4.77. The fourth-order valence-corrected chi connectivity index (χ4v) is 2.79. The summed E-state index contributed by atoms with van der Waals surface area (Å²) in [6, 6.07) is 0. The third-order valence-corrected chi connectivity index (χ3v) is 4.28. The first-order valence-corrected chi connectivity index (χ1v) is 7.60. The number of rotatable bonds is 11. The van der Waals surface area contributed by atoms with Gasteiger partial charge in [0, 0.05) is 13.2 Å². The van der Waals surface area contributed by atoms with E-state index in [0.717, 1.165) is 12.3 Å². The summed E-state index contributed by atoms with van der Waals surface area (Å²) in [7, 11) is 0. The zero-order valence-corrected chi connectivity index (χ0v) is 11.2. The van der Waals surface area contributed by atoms with E-state index in [1.165, 1.54) is 64.2 Å². The molecule has 1 atom stereocenters. The van der Waals surface area contributed by atoms with E-state index in [-0.39, 0.29) is 0 Å². The number of aliphatic hydroxyl groups excluding tert-OH is 2. The topological polar surface area (TPSA) is 40.5 Å². The van der Waals surface area contributed by atoms with Crippen LogP contribution < -0.4 is 0 Å². The average molecular weight is 242 g/mol. The third kappa shape index (κ3) is 6.42. The van der Waals surface area contributed by atoms with Crippen molar-refractivity contribution in [3.05, 3.63) is 0 Å². The Balaban J connectivity index is 1.85. The van der Waals surface area contributed by atoms with Crippen molar-refractivity contribution in [3.8, 4) is 0 Å². The molecule has 0 aromatic rings. The molecule has 17 heavy (non-hydrogen) atoms. The van der Waals surface area contributed by atoms with Crippen molar-refractivity contribution in [3.63, 3.8) is 0 Å². The van der Waals surface area contributed by atoms with E-state index < -0.39 is 0 Å². The van der Waals surface area contributed by atoms with Gasteiger partial charge in [-0.05, 0) is 24.7 Å². The molecule has 0 aromatic carbocycles. The van der Waals surface area contributed by atoms with Gasteiger partial charge in [-0.15, -0.1) is 0 Å². The van der Waals surface area contributed by atoms with E-state index in [1.54, 1.807) is 0 Å². The summed E-state index contributed by atoms with van der Waals surface area (Å²) in [6.07, 6.45) is 14.0. The lowest BCUT2D eigenvalue weighted by molar-refractivity contribution is 0.114. The molecule has 0 aromatic heterocycles. The first kappa shape index (κ1) is 15.0. The normalized spacial score (nSPS) is 18.0. The molecule has 0 spiro atoms. The van der Waals surface area contributed by atoms with Crippen LogP contribution in [0.5, 0.6) is 0 Å². The van der Waals surface area contributed by atoms with Crippen LogP contribution >= 0.6 is 0 Å². The van der Waals surface area contributed by atoms with Crippen molar-refractivity contribution in [2.24, 2.45) is 11.8 Å². The monoisotopic (exact) mass is 242 g/mol. The lowest BCUT2D eigenvalue weighted by Crippen LogP contribution is -2.24. The van der Waals surface area contributed by atoms with Gasteiger partial charge in [0.1, 0.15) is 0 Å². The van der Waals surface area contributed by atoms with Crippen LogP contribution in [-0.2, 0) is 0 Å². The van der Waals surface area contributed by atoms with E-state index in [4.69, 9.17) is 5.11 Å². The molecule has 0 heterocycles. The number of unbranched alkanes of at least 4 members (excludes halogenated alkanes) is 6. The van der Waals surface area contributed by atoms with Crippen LogP contribution in [-0.4, -0.2) is 23.4 Å². The molecule has 0 bridgehead atoms. The van der Waals surface area contributed by atoms with Gasteiger partial charge < -0.3 is 10.2 Å². The number of hydrogen-bond donors (Lipinski definition) is 2. The first-order chi connectivity index (χ1) is 8.38. The quantitative estimate of drug-likeness (QED) is 0.544. The maximum Gasteiger partial charge on any atom is 0.0461 e. The van der Waals surface area contributed by atoms with E-state index in [0.29, 0.717) is 19.1 Å². The van der Waals surface area contributed by atoms with Gasteiger partial charge in [0.25, 0.3) is 0 Å². The van der Waals surface area contributed by atoms with Gasteiger partial charge in [0.2, 0.25) is 0 Å². The molecule has 1 saturated carbocycles. The van der Waals surface area contributed by atoms with Crippen molar-refractivity contribution in [2.75, 3.05) is 13.2 Å². The van der Waals surface area contributed by atoms with E-state index in [1.807, 2.05) is 0 Å². The summed E-state index contributed by atoms with van der Waals surface area (Å²) in [5.74, 6) is 1.43. The predicted molar refractivity (Wildman–Crippen MR) is 71.9 cm³/mol. The highest BCUT2D eigenvalue weighted by atomic mass is 16.3. The van der Waals surface area contributed by atoms with E-state index >= 15 is 0 Å². The number of hydrogen-bond acceptors (Lipinski definition) is 2. The van der Waals surface area contributed by atoms with Crippen molar-refractivity contribution >= 4 is 0 Å². The first-order valence-electron chi connectivity index (χ1n) is 7.60. The largest absolute Gasteiger partial charge is 0.396 e. The van der Waals surface area contributed by atoms with Gasteiger partial charge in [-0.25, -0.2) is 0 Å². The van der Waals surface area contributed by atoms with Gasteiger partial charge in [0.05, 0.1) is 0 Å². The molecular formula is C15H30O2. The molecule has 2 nitrogen and oxygen atoms in total. The maximum absolute atomic E-state index is 9.34. The molecule has 2 N–H and O–H groups in total. The maximum atomic E-state index is 9.34. The summed E-state index contributed by atoms with van der Waals surface area (Å²) in [5.41, 5.74) is 0. The highest BCUT2D eigenvalue weighted by Gasteiger charge is 2.25. The molecule has 102 valence electrons. The van der Waals surface area contributed by atoms with Gasteiger partial charge in [-0.3, -0.25) is 0 Å². The van der Waals surface area contributed by atoms with Crippen LogP contribution in [0.3, 0.4) is 0 Å². The summed E-state index contributed by atoms with van der Waals surface area (Å²) in [6.45, 7) is 0.751. The lowest BCUT2D eigenvalue weighted by atomic mass is 9.74. The average Bonchev–Trinajstić information content (AvgIpc) is 2.28. The van der Waals surface area contributed by atoms with Gasteiger partial charge in [0.15, 0.2) is 0 Å². The Hall–Kier alpha value is -0.0800. The van der Waals surface area contributed by atoms with E-state index in [2.05, 4.69) is 0 Å². The lowest BCUT2D eigenvalue weighted by Gasteiger charge is -2.32. The predicted octanol–water partition coefficient (Wildman–Crippen LogP) is 3.51. The Morgan fingerprint density at radius 3 is 1.88 bits per heavy atom. The summed E-state index contributed by atoms with van der Waals surface area (Å²) >= 11 is 0. The minimum atomic E-state index is 0.347. The zero-order valence-electron chi connectivity index (χ0n) is 11.2. The smallest absolute Gasteiger partial charge is 0.0461 e. The fraction of sp³-hybridized carbons (Fsp3) is 1.00. The second kappa shape index (κ2) is 9.90. The van der Waals surface area contributed by atoms with Crippen LogP contribution in [0.25, 0.3) is 0 Å². The van der Waals surface area contributed by atoms with Gasteiger partial charge in [-0.2, -0.15) is 0 Å². The van der Waals surface area contributed by atoms with Crippen LogP contribution in [0, 0.1) is 11.8 Å². The molecule has 1 unspecified atom stereocenters. The van der Waals surface area contributed by atoms with E-state index in [9.17, 15) is 5.11 Å². The summed E-state index contributed by atoms with van der Waals surface area (Å²) < 4.78 is 0. The standard InChI is InChI=1S/C15H30O2/c16-12-7-5-3-1-2-4-6-9-15(13-17)14-10-8-11-14/h14-17H,1-13H2. The Morgan fingerprint density at radius 2 is 1.41 bits per heavy atom. The van der Waals surface area contributed by atoms with Crippen molar-refractivity contribution < 1.29 is 10.2 Å². The SMILES string of the molecule is OCCCCCCCCCC(CO)C1CCC1. The van der Waals surface area contributed by atoms with Crippen molar-refractivity contribution in [1.82, 2.24) is 0 Å². The molecule has 0 radical (unpaired) electrons. The second-order valence-corrected chi connectivity index (χ2v) is 5.62. The molecule has 1 aliphatic carbocycles. The Labute approximate surface area is 106 Å². The van der Waals surface area contributed by atoms with Crippen LogP contribution in [0.4, 0.5) is 0 Å². The minimum absolute atomic E-state index is 0.347. The van der Waals surface area contributed by atoms with Crippen molar-refractivity contribution in [2.45, 2.75) is 70.6 Å². The van der Waals surface area contributed by atoms with Gasteiger partial charge >= 0.3 is 0 Å². The molecule has 0 saturated heterocycles. The molecule has 2 heteroatoms. The Kier molecular flexibility index (Phi) is 8.72. The summed E-state index contributed by atoms with van der Waals surface area (Å²) in [5, 5.41) is 18.0. The highest BCUT2D eigenvalue weighted by Crippen LogP contribution is 2.35. The van der Waals surface area contributed by atoms with Crippen LogP contribution in [0.2, 0.25) is 0 Å². The minimum Gasteiger partial charge on any atom is -0.396 e. The van der Waals surface area contributed by atoms with Gasteiger partial charge in [-0.1, -0.05) is 57.8 Å².